The molecule has 17 heavy (non-hydrogen) atoms. The number of hydrogen-bond donors (Lipinski definition) is 0. The highest BCUT2D eigenvalue weighted by atomic mass is 14.1. The molecule has 0 aromatic heterocycles. The van der Waals surface area contributed by atoms with Crippen LogP contribution in [0.4, 0.5) is 0 Å². The molecule has 2 aromatic carbocycles. The molecule has 2 rings (SSSR count). The van der Waals surface area contributed by atoms with E-state index in [1.807, 2.05) is 0 Å². The second-order valence-electron chi connectivity index (χ2n) is 4.22. The Balaban J connectivity index is 2.55. The molecule has 0 amide bonds. The van der Waals surface area contributed by atoms with E-state index in [1.165, 1.54) is 22.3 Å². The summed E-state index contributed by atoms with van der Waals surface area (Å²) in [5.41, 5.74) is 5.27. The summed E-state index contributed by atoms with van der Waals surface area (Å²) in [7, 11) is 0. The Labute approximate surface area is 104 Å². The standard InChI is InChI=1S/C17H18/c1-3-4-10-15-13-8-9-14(2)17(15)16-11-6-5-7-12-16/h4-13H,3H2,1-2H3/b10-4+. The van der Waals surface area contributed by atoms with Crippen molar-refractivity contribution >= 4 is 6.08 Å². The average molecular weight is 222 g/mol. The fourth-order valence-electron chi connectivity index (χ4n) is 2.07. The zero-order valence-electron chi connectivity index (χ0n) is 10.5. The zero-order valence-corrected chi connectivity index (χ0v) is 10.5. The molecule has 0 unspecified atom stereocenters. The van der Waals surface area contributed by atoms with Crippen molar-refractivity contribution in [2.75, 3.05) is 0 Å². The highest BCUT2D eigenvalue weighted by molar-refractivity contribution is 5.77. The molecule has 0 saturated carbocycles. The van der Waals surface area contributed by atoms with Gasteiger partial charge in [-0.05, 0) is 35.6 Å². The van der Waals surface area contributed by atoms with Crippen LogP contribution in [0.1, 0.15) is 24.5 Å². The molecule has 0 radical (unpaired) electrons. The number of rotatable bonds is 3. The summed E-state index contributed by atoms with van der Waals surface area (Å²) >= 11 is 0. The van der Waals surface area contributed by atoms with Crippen LogP contribution in [0.25, 0.3) is 17.2 Å². The lowest BCUT2D eigenvalue weighted by Crippen LogP contribution is -1.87. The van der Waals surface area contributed by atoms with E-state index in [9.17, 15) is 0 Å². The van der Waals surface area contributed by atoms with Gasteiger partial charge in [-0.1, -0.05) is 67.6 Å². The van der Waals surface area contributed by atoms with Gasteiger partial charge in [0.1, 0.15) is 0 Å². The molecule has 0 aliphatic rings. The fourth-order valence-corrected chi connectivity index (χ4v) is 2.07. The van der Waals surface area contributed by atoms with Crippen LogP contribution < -0.4 is 0 Å². The first-order chi connectivity index (χ1) is 8.33. The maximum atomic E-state index is 2.22. The molecule has 2 aromatic rings. The quantitative estimate of drug-likeness (QED) is 0.679. The van der Waals surface area contributed by atoms with E-state index in [0.29, 0.717) is 0 Å². The molecule has 0 aliphatic heterocycles. The Bertz CT molecular complexity index is 507. The number of allylic oxidation sites excluding steroid dienone is 1. The summed E-state index contributed by atoms with van der Waals surface area (Å²) in [6.07, 6.45) is 5.50. The van der Waals surface area contributed by atoms with Gasteiger partial charge in [0.15, 0.2) is 0 Å². The van der Waals surface area contributed by atoms with Crippen molar-refractivity contribution in [1.82, 2.24) is 0 Å². The van der Waals surface area contributed by atoms with Gasteiger partial charge in [0.05, 0.1) is 0 Å². The van der Waals surface area contributed by atoms with E-state index in [2.05, 4.69) is 74.5 Å². The van der Waals surface area contributed by atoms with Gasteiger partial charge < -0.3 is 0 Å². The summed E-state index contributed by atoms with van der Waals surface area (Å²) in [5.74, 6) is 0. The van der Waals surface area contributed by atoms with Gasteiger partial charge in [-0.3, -0.25) is 0 Å². The van der Waals surface area contributed by atoms with Crippen molar-refractivity contribution in [1.29, 1.82) is 0 Å². The van der Waals surface area contributed by atoms with Crippen LogP contribution in [-0.4, -0.2) is 0 Å². The molecule has 0 heterocycles. The summed E-state index contributed by atoms with van der Waals surface area (Å²) in [5, 5.41) is 0. The summed E-state index contributed by atoms with van der Waals surface area (Å²) in [4.78, 5) is 0. The first-order valence-electron chi connectivity index (χ1n) is 6.14. The Morgan fingerprint density at radius 1 is 0.941 bits per heavy atom. The van der Waals surface area contributed by atoms with Gasteiger partial charge in [-0.15, -0.1) is 0 Å². The smallest absolute Gasteiger partial charge is 0.00823 e. The van der Waals surface area contributed by atoms with E-state index in [-0.39, 0.29) is 0 Å². The fraction of sp³-hybridized carbons (Fsp3) is 0.176. The van der Waals surface area contributed by atoms with E-state index in [1.54, 1.807) is 0 Å². The largest absolute Gasteiger partial charge is 0.0842 e. The second kappa shape index (κ2) is 5.49. The molecule has 0 fully saturated rings. The van der Waals surface area contributed by atoms with Crippen LogP contribution in [0.15, 0.2) is 54.6 Å². The number of aryl methyl sites for hydroxylation is 1. The van der Waals surface area contributed by atoms with E-state index in [4.69, 9.17) is 0 Å². The van der Waals surface area contributed by atoms with Gasteiger partial charge in [0, 0.05) is 0 Å². The van der Waals surface area contributed by atoms with Gasteiger partial charge in [-0.2, -0.15) is 0 Å². The highest BCUT2D eigenvalue weighted by Gasteiger charge is 2.04. The third kappa shape index (κ3) is 2.65. The Kier molecular flexibility index (Phi) is 3.77. The molecule has 0 atom stereocenters. The molecule has 0 saturated heterocycles. The molecule has 0 aliphatic carbocycles. The first-order valence-corrected chi connectivity index (χ1v) is 6.14. The predicted molar refractivity (Wildman–Crippen MR) is 75.9 cm³/mol. The maximum Gasteiger partial charge on any atom is -0.00823 e. The molecule has 86 valence electrons. The second-order valence-corrected chi connectivity index (χ2v) is 4.22. The van der Waals surface area contributed by atoms with Crippen molar-refractivity contribution < 1.29 is 0 Å². The van der Waals surface area contributed by atoms with Crippen LogP contribution in [0.2, 0.25) is 0 Å². The first kappa shape index (κ1) is 11.7. The van der Waals surface area contributed by atoms with Crippen molar-refractivity contribution in [2.24, 2.45) is 0 Å². The van der Waals surface area contributed by atoms with Crippen LogP contribution in [0.5, 0.6) is 0 Å². The number of benzene rings is 2. The minimum Gasteiger partial charge on any atom is -0.0842 e. The Morgan fingerprint density at radius 2 is 1.71 bits per heavy atom. The lowest BCUT2D eigenvalue weighted by molar-refractivity contribution is 1.23. The maximum absolute atomic E-state index is 2.22. The lowest BCUT2D eigenvalue weighted by Gasteiger charge is -2.10. The molecule has 0 bridgehead atoms. The Morgan fingerprint density at radius 3 is 2.41 bits per heavy atom. The SMILES string of the molecule is CC/C=C/c1cccc(C)c1-c1ccccc1. The van der Waals surface area contributed by atoms with Gasteiger partial charge in [0.25, 0.3) is 0 Å². The highest BCUT2D eigenvalue weighted by Crippen LogP contribution is 2.28. The van der Waals surface area contributed by atoms with Crippen LogP contribution >= 0.6 is 0 Å². The minimum absolute atomic E-state index is 1.07. The van der Waals surface area contributed by atoms with Crippen LogP contribution in [-0.2, 0) is 0 Å². The van der Waals surface area contributed by atoms with Crippen LogP contribution in [0, 0.1) is 6.92 Å². The third-order valence-electron chi connectivity index (χ3n) is 2.90. The van der Waals surface area contributed by atoms with Crippen molar-refractivity contribution in [3.63, 3.8) is 0 Å². The molecule has 0 nitrogen and oxygen atoms in total. The molecular weight excluding hydrogens is 204 g/mol. The lowest BCUT2D eigenvalue weighted by atomic mass is 9.95. The van der Waals surface area contributed by atoms with Gasteiger partial charge in [0.2, 0.25) is 0 Å². The average Bonchev–Trinajstić information content (AvgIpc) is 2.37. The Hall–Kier alpha value is -1.82. The summed E-state index contributed by atoms with van der Waals surface area (Å²) in [6.45, 7) is 4.33. The monoisotopic (exact) mass is 222 g/mol. The summed E-state index contributed by atoms with van der Waals surface area (Å²) < 4.78 is 0. The predicted octanol–water partition coefficient (Wildman–Crippen LogP) is 5.09. The molecule has 0 heteroatoms. The third-order valence-corrected chi connectivity index (χ3v) is 2.90. The van der Waals surface area contributed by atoms with Crippen molar-refractivity contribution in [2.45, 2.75) is 20.3 Å². The summed E-state index contributed by atoms with van der Waals surface area (Å²) in [6, 6.07) is 17.1. The normalized spacial score (nSPS) is 10.9. The topological polar surface area (TPSA) is 0 Å². The van der Waals surface area contributed by atoms with E-state index >= 15 is 0 Å². The molecule has 0 spiro atoms. The molecule has 0 N–H and O–H groups in total. The van der Waals surface area contributed by atoms with E-state index in [0.717, 1.165) is 6.42 Å². The van der Waals surface area contributed by atoms with Crippen molar-refractivity contribution in [3.05, 3.63) is 65.7 Å². The minimum atomic E-state index is 1.07. The zero-order chi connectivity index (χ0) is 12.1. The van der Waals surface area contributed by atoms with Gasteiger partial charge in [-0.25, -0.2) is 0 Å². The van der Waals surface area contributed by atoms with Gasteiger partial charge >= 0.3 is 0 Å². The van der Waals surface area contributed by atoms with E-state index < -0.39 is 0 Å². The molecular formula is C17H18. The van der Waals surface area contributed by atoms with Crippen LogP contribution in [0.3, 0.4) is 0 Å². The van der Waals surface area contributed by atoms with Crippen molar-refractivity contribution in [3.8, 4) is 11.1 Å². The number of hydrogen-bond acceptors (Lipinski definition) is 0.